The maximum atomic E-state index is 12.4. The molecule has 4 rings (SSSR count). The van der Waals surface area contributed by atoms with E-state index in [2.05, 4.69) is 34.3 Å². The minimum atomic E-state index is -0.278. The van der Waals surface area contributed by atoms with E-state index in [-0.39, 0.29) is 11.4 Å². The number of nitrogens with zero attached hydrogens (tertiary/aromatic N) is 4. The Morgan fingerprint density at radius 1 is 1.33 bits per heavy atom. The molecule has 0 unspecified atom stereocenters. The lowest BCUT2D eigenvalue weighted by molar-refractivity contribution is -0.122. The van der Waals surface area contributed by atoms with Gasteiger partial charge in [-0.1, -0.05) is 17.8 Å². The highest BCUT2D eigenvalue weighted by atomic mass is 32.2. The molecule has 9 heteroatoms. The number of aryl methyl sites for hydroxylation is 2. The predicted octanol–water partition coefficient (Wildman–Crippen LogP) is 3.11. The molecule has 1 amide bonds. The van der Waals surface area contributed by atoms with Crippen molar-refractivity contribution >= 4 is 34.7 Å². The number of benzene rings is 1. The first-order valence-corrected chi connectivity index (χ1v) is 10.7. The molecule has 0 saturated heterocycles. The van der Waals surface area contributed by atoms with Crippen molar-refractivity contribution in [3.8, 4) is 5.75 Å². The van der Waals surface area contributed by atoms with Crippen molar-refractivity contribution < 1.29 is 9.53 Å². The van der Waals surface area contributed by atoms with Crippen molar-refractivity contribution in [3.63, 3.8) is 0 Å². The van der Waals surface area contributed by atoms with Crippen LogP contribution in [0.3, 0.4) is 0 Å². The zero-order valence-electron chi connectivity index (χ0n) is 17.7. The number of fused-ring (bicyclic) bond motifs is 2. The van der Waals surface area contributed by atoms with Crippen LogP contribution in [0.4, 0.5) is 5.82 Å². The molecule has 1 aliphatic heterocycles. The Labute approximate surface area is 179 Å². The number of carbonyl (C=O) groups is 1. The first-order chi connectivity index (χ1) is 14.2. The summed E-state index contributed by atoms with van der Waals surface area (Å²) < 4.78 is 7.67. The number of nitrogens with one attached hydrogen (secondary N) is 1. The monoisotopic (exact) mass is 426 g/mol. The fourth-order valence-electron chi connectivity index (χ4n) is 3.45. The number of carbonyl (C=O) groups excluding carboxylic acids is 1. The van der Waals surface area contributed by atoms with Gasteiger partial charge in [0.05, 0.1) is 6.61 Å². The molecule has 158 valence electrons. The second-order valence-electron chi connectivity index (χ2n) is 8.45. The highest BCUT2D eigenvalue weighted by molar-refractivity contribution is 7.99. The minimum Gasteiger partial charge on any atom is -0.493 e. The number of hydrogen-bond donors (Lipinski definition) is 2. The summed E-state index contributed by atoms with van der Waals surface area (Å²) in [6.45, 7) is 9.13. The van der Waals surface area contributed by atoms with Gasteiger partial charge in [0.2, 0.25) is 5.91 Å². The summed E-state index contributed by atoms with van der Waals surface area (Å²) in [5, 5.41) is 3.72. The van der Waals surface area contributed by atoms with E-state index in [9.17, 15) is 4.79 Å². The molecule has 0 radical (unpaired) electrons. The Kier molecular flexibility index (Phi) is 5.31. The molecule has 0 atom stereocenters. The third-order valence-electron chi connectivity index (χ3n) is 4.79. The van der Waals surface area contributed by atoms with Crippen LogP contribution < -0.4 is 15.8 Å². The topological polar surface area (TPSA) is 108 Å². The van der Waals surface area contributed by atoms with Crippen LogP contribution in [-0.2, 0) is 17.8 Å². The Hall–Kier alpha value is -2.81. The Bertz CT molecular complexity index is 1120. The Morgan fingerprint density at radius 2 is 2.13 bits per heavy atom. The normalized spacial score (nSPS) is 13.3. The van der Waals surface area contributed by atoms with E-state index in [1.165, 1.54) is 23.7 Å². The average Bonchev–Trinajstić information content (AvgIpc) is 3.23. The highest BCUT2D eigenvalue weighted by Crippen LogP contribution is 2.38. The average molecular weight is 427 g/mol. The van der Waals surface area contributed by atoms with E-state index in [1.807, 2.05) is 25.3 Å². The first-order valence-electron chi connectivity index (χ1n) is 9.93. The summed E-state index contributed by atoms with van der Waals surface area (Å²) in [7, 11) is 0. The van der Waals surface area contributed by atoms with E-state index in [4.69, 9.17) is 15.5 Å². The molecule has 3 heterocycles. The fraction of sp³-hybridized carbons (Fsp3) is 0.429. The van der Waals surface area contributed by atoms with Gasteiger partial charge in [0.15, 0.2) is 22.1 Å². The van der Waals surface area contributed by atoms with Crippen molar-refractivity contribution in [3.05, 3.63) is 29.6 Å². The number of nitrogens with two attached hydrogens (primary N) is 1. The number of nitrogen functional groups attached to an aromatic ring is 1. The standard InChI is InChI=1S/C21H26N6O2S/c1-12-9-13-6-8-29-14(13)10-15(12)30-20-25-17-18(22)23-11-24-19(17)27(20)7-5-16(28)26-21(2,3)4/h9-11H,5-8H2,1-4H3,(H,26,28)(H2,22,23,24). The molecule has 0 bridgehead atoms. The van der Waals surface area contributed by atoms with Gasteiger partial charge in [-0.3, -0.25) is 4.79 Å². The van der Waals surface area contributed by atoms with E-state index in [0.717, 1.165) is 34.4 Å². The van der Waals surface area contributed by atoms with Gasteiger partial charge in [-0.15, -0.1) is 0 Å². The van der Waals surface area contributed by atoms with Gasteiger partial charge in [-0.2, -0.15) is 0 Å². The number of anilines is 1. The van der Waals surface area contributed by atoms with Crippen LogP contribution in [-0.4, -0.2) is 37.6 Å². The van der Waals surface area contributed by atoms with Gasteiger partial charge in [0.1, 0.15) is 12.1 Å². The van der Waals surface area contributed by atoms with Crippen molar-refractivity contribution in [2.45, 2.75) is 62.7 Å². The van der Waals surface area contributed by atoms with Gasteiger partial charge in [0.25, 0.3) is 0 Å². The smallest absolute Gasteiger partial charge is 0.222 e. The summed E-state index contributed by atoms with van der Waals surface area (Å²) in [6.07, 6.45) is 2.68. The lowest BCUT2D eigenvalue weighted by Gasteiger charge is -2.20. The number of hydrogen-bond acceptors (Lipinski definition) is 7. The molecular formula is C21H26N6O2S. The van der Waals surface area contributed by atoms with Crippen LogP contribution in [0.2, 0.25) is 0 Å². The van der Waals surface area contributed by atoms with E-state index in [1.54, 1.807) is 0 Å². The molecular weight excluding hydrogens is 400 g/mol. The predicted molar refractivity (Wildman–Crippen MR) is 117 cm³/mol. The van der Waals surface area contributed by atoms with Crippen LogP contribution in [0, 0.1) is 6.92 Å². The van der Waals surface area contributed by atoms with Crippen molar-refractivity contribution in [2.75, 3.05) is 12.3 Å². The van der Waals surface area contributed by atoms with E-state index >= 15 is 0 Å². The van der Waals surface area contributed by atoms with Gasteiger partial charge in [0, 0.05) is 29.8 Å². The Balaban J connectivity index is 1.67. The van der Waals surface area contributed by atoms with Crippen molar-refractivity contribution in [1.82, 2.24) is 24.8 Å². The van der Waals surface area contributed by atoms with Crippen LogP contribution in [0.15, 0.2) is 28.5 Å². The summed E-state index contributed by atoms with van der Waals surface area (Å²) in [4.78, 5) is 26.6. The quantitative estimate of drug-likeness (QED) is 0.645. The van der Waals surface area contributed by atoms with Gasteiger partial charge >= 0.3 is 0 Å². The lowest BCUT2D eigenvalue weighted by atomic mass is 10.1. The Morgan fingerprint density at radius 3 is 2.90 bits per heavy atom. The van der Waals surface area contributed by atoms with Crippen LogP contribution in [0.1, 0.15) is 38.3 Å². The summed E-state index contributed by atoms with van der Waals surface area (Å²) >= 11 is 1.52. The second-order valence-corrected chi connectivity index (χ2v) is 9.46. The maximum absolute atomic E-state index is 12.4. The van der Waals surface area contributed by atoms with Crippen LogP contribution in [0.25, 0.3) is 11.2 Å². The zero-order chi connectivity index (χ0) is 21.5. The summed E-state index contributed by atoms with van der Waals surface area (Å²) in [5.74, 6) is 1.23. The highest BCUT2D eigenvalue weighted by Gasteiger charge is 2.21. The molecule has 1 aliphatic rings. The second kappa shape index (κ2) is 7.79. The molecule has 0 spiro atoms. The largest absolute Gasteiger partial charge is 0.493 e. The maximum Gasteiger partial charge on any atom is 0.222 e. The molecule has 3 aromatic rings. The fourth-order valence-corrected chi connectivity index (χ4v) is 4.45. The molecule has 0 fully saturated rings. The lowest BCUT2D eigenvalue weighted by Crippen LogP contribution is -2.40. The van der Waals surface area contributed by atoms with Gasteiger partial charge in [-0.25, -0.2) is 15.0 Å². The third kappa shape index (κ3) is 4.21. The van der Waals surface area contributed by atoms with Crippen LogP contribution >= 0.6 is 11.8 Å². The molecule has 1 aromatic carbocycles. The molecule has 3 N–H and O–H groups in total. The first kappa shape index (κ1) is 20.5. The van der Waals surface area contributed by atoms with Gasteiger partial charge in [-0.05, 0) is 44.9 Å². The zero-order valence-corrected chi connectivity index (χ0v) is 18.5. The number of aromatic nitrogens is 4. The SMILES string of the molecule is Cc1cc2c(cc1Sc1nc3c(N)ncnc3n1CCC(=O)NC(C)(C)C)OCC2. The van der Waals surface area contributed by atoms with E-state index < -0.39 is 0 Å². The van der Waals surface area contributed by atoms with E-state index in [0.29, 0.717) is 29.9 Å². The minimum absolute atomic E-state index is 0.0237. The third-order valence-corrected chi connectivity index (χ3v) is 5.94. The number of rotatable bonds is 5. The van der Waals surface area contributed by atoms with Crippen LogP contribution in [0.5, 0.6) is 5.75 Å². The molecule has 30 heavy (non-hydrogen) atoms. The van der Waals surface area contributed by atoms with Crippen molar-refractivity contribution in [2.24, 2.45) is 0 Å². The molecule has 2 aromatic heterocycles. The number of imidazole rings is 1. The molecule has 0 saturated carbocycles. The molecule has 8 nitrogen and oxygen atoms in total. The van der Waals surface area contributed by atoms with Gasteiger partial charge < -0.3 is 20.4 Å². The number of amides is 1. The number of ether oxygens (including phenoxy) is 1. The summed E-state index contributed by atoms with van der Waals surface area (Å²) in [5.41, 5.74) is 9.33. The van der Waals surface area contributed by atoms with Crippen molar-refractivity contribution in [1.29, 1.82) is 0 Å². The summed E-state index contributed by atoms with van der Waals surface area (Å²) in [6, 6.07) is 4.23. The molecule has 0 aliphatic carbocycles.